The number of benzene rings is 1. The topological polar surface area (TPSA) is 75.3 Å². The number of fused-ring (bicyclic) bond motifs is 3. The summed E-state index contributed by atoms with van der Waals surface area (Å²) in [5.74, 6) is 1.50. The van der Waals surface area contributed by atoms with Gasteiger partial charge in [0, 0.05) is 5.39 Å². The van der Waals surface area contributed by atoms with Crippen LogP contribution in [0, 0.1) is 0 Å². The fraction of sp³-hybridized carbons (Fsp3) is 0.222. The highest BCUT2D eigenvalue weighted by Gasteiger charge is 2.14. The highest BCUT2D eigenvalue weighted by atomic mass is 16.3. The van der Waals surface area contributed by atoms with Crippen molar-refractivity contribution in [2.75, 3.05) is 6.54 Å². The van der Waals surface area contributed by atoms with Crippen molar-refractivity contribution in [3.63, 3.8) is 0 Å². The molecule has 6 heteroatoms. The third-order valence-corrected chi connectivity index (χ3v) is 4.06. The first-order valence-corrected chi connectivity index (χ1v) is 7.90. The second-order valence-electron chi connectivity index (χ2n) is 5.67. The number of aromatic amines is 1. The number of hydrogen-bond acceptors (Lipinski definition) is 5. The van der Waals surface area contributed by atoms with Crippen LogP contribution in [0.5, 0.6) is 0 Å². The molecule has 1 N–H and O–H groups in total. The molecule has 4 aromatic rings. The quantitative estimate of drug-likeness (QED) is 0.610. The van der Waals surface area contributed by atoms with Crippen LogP contribution in [0.4, 0.5) is 0 Å². The molecular formula is C18H17N3O3. The van der Waals surface area contributed by atoms with Crippen molar-refractivity contribution in [3.05, 3.63) is 64.6 Å². The van der Waals surface area contributed by atoms with E-state index < -0.39 is 0 Å². The predicted molar refractivity (Wildman–Crippen MR) is 90.6 cm³/mol. The first-order chi connectivity index (χ1) is 11.7. The molecule has 122 valence electrons. The van der Waals surface area contributed by atoms with E-state index in [-0.39, 0.29) is 11.1 Å². The lowest BCUT2D eigenvalue weighted by molar-refractivity contribution is 0.242. The first-order valence-electron chi connectivity index (χ1n) is 7.90. The third kappa shape index (κ3) is 2.61. The van der Waals surface area contributed by atoms with Gasteiger partial charge in [-0.25, -0.2) is 4.98 Å². The van der Waals surface area contributed by atoms with Gasteiger partial charge >= 0.3 is 0 Å². The maximum atomic E-state index is 12.3. The Morgan fingerprint density at radius 1 is 1.17 bits per heavy atom. The fourth-order valence-electron chi connectivity index (χ4n) is 2.84. The largest absolute Gasteiger partial charge is 0.468 e. The molecule has 0 aliphatic carbocycles. The van der Waals surface area contributed by atoms with Crippen LogP contribution < -0.4 is 5.56 Å². The molecule has 4 rings (SSSR count). The standard InChI is InChI=1S/C18H17N3O3/c1-2-21(10-12-6-5-9-23-12)11-15-19-16-13-7-3-4-8-14(13)24-17(16)18(22)20-15/h3-9H,2,10-11H2,1H3,(H,19,20,22). The Balaban J connectivity index is 1.71. The van der Waals surface area contributed by atoms with Gasteiger partial charge in [-0.15, -0.1) is 0 Å². The van der Waals surface area contributed by atoms with Crippen LogP contribution in [0.3, 0.4) is 0 Å². The summed E-state index contributed by atoms with van der Waals surface area (Å²) in [7, 11) is 0. The van der Waals surface area contributed by atoms with Gasteiger partial charge in [-0.3, -0.25) is 9.69 Å². The zero-order valence-electron chi connectivity index (χ0n) is 13.3. The smallest absolute Gasteiger partial charge is 0.294 e. The molecule has 0 saturated carbocycles. The van der Waals surface area contributed by atoms with E-state index in [4.69, 9.17) is 8.83 Å². The number of hydrogen-bond donors (Lipinski definition) is 1. The molecule has 0 aliphatic rings. The summed E-state index contributed by atoms with van der Waals surface area (Å²) in [5.41, 5.74) is 1.30. The van der Waals surface area contributed by atoms with E-state index >= 15 is 0 Å². The summed E-state index contributed by atoms with van der Waals surface area (Å²) >= 11 is 0. The van der Waals surface area contributed by atoms with Gasteiger partial charge in [0.1, 0.15) is 22.7 Å². The fourth-order valence-corrected chi connectivity index (χ4v) is 2.84. The van der Waals surface area contributed by atoms with Crippen LogP contribution in [-0.4, -0.2) is 21.4 Å². The van der Waals surface area contributed by atoms with Gasteiger partial charge in [-0.1, -0.05) is 19.1 Å². The molecule has 0 bridgehead atoms. The molecule has 3 heterocycles. The Bertz CT molecular complexity index is 1030. The van der Waals surface area contributed by atoms with E-state index in [1.54, 1.807) is 6.26 Å². The monoisotopic (exact) mass is 323 g/mol. The van der Waals surface area contributed by atoms with Crippen LogP contribution in [0.25, 0.3) is 22.1 Å². The van der Waals surface area contributed by atoms with Gasteiger partial charge < -0.3 is 13.8 Å². The number of aromatic nitrogens is 2. The van der Waals surface area contributed by atoms with Crippen LogP contribution in [-0.2, 0) is 13.1 Å². The van der Waals surface area contributed by atoms with Crippen molar-refractivity contribution < 1.29 is 8.83 Å². The van der Waals surface area contributed by atoms with Crippen molar-refractivity contribution in [2.24, 2.45) is 0 Å². The highest BCUT2D eigenvalue weighted by Crippen LogP contribution is 2.24. The van der Waals surface area contributed by atoms with E-state index in [9.17, 15) is 4.79 Å². The molecular weight excluding hydrogens is 306 g/mol. The second-order valence-corrected chi connectivity index (χ2v) is 5.67. The van der Waals surface area contributed by atoms with Crippen molar-refractivity contribution in [3.8, 4) is 0 Å². The normalized spacial score (nSPS) is 11.8. The molecule has 6 nitrogen and oxygen atoms in total. The van der Waals surface area contributed by atoms with Crippen molar-refractivity contribution in [2.45, 2.75) is 20.0 Å². The molecule has 0 atom stereocenters. The lowest BCUT2D eigenvalue weighted by Crippen LogP contribution is -2.25. The van der Waals surface area contributed by atoms with E-state index in [1.807, 2.05) is 36.4 Å². The molecule has 0 radical (unpaired) electrons. The number of nitrogens with one attached hydrogen (secondary N) is 1. The summed E-state index contributed by atoms with van der Waals surface area (Å²) in [5, 5.41) is 0.855. The zero-order valence-corrected chi connectivity index (χ0v) is 13.3. The third-order valence-electron chi connectivity index (χ3n) is 4.06. The highest BCUT2D eigenvalue weighted by molar-refractivity contribution is 6.01. The molecule has 24 heavy (non-hydrogen) atoms. The number of rotatable bonds is 5. The van der Waals surface area contributed by atoms with Gasteiger partial charge in [0.15, 0.2) is 0 Å². The Labute approximate surface area is 137 Å². The summed E-state index contributed by atoms with van der Waals surface area (Å²) in [6.07, 6.45) is 1.66. The Morgan fingerprint density at radius 2 is 2.04 bits per heavy atom. The maximum absolute atomic E-state index is 12.3. The number of nitrogens with zero attached hydrogens (tertiary/aromatic N) is 2. The van der Waals surface area contributed by atoms with Crippen LogP contribution in [0.15, 0.2) is 56.3 Å². The average molecular weight is 323 g/mol. The molecule has 0 unspecified atom stereocenters. The molecule has 0 amide bonds. The number of para-hydroxylation sites is 1. The minimum atomic E-state index is -0.250. The van der Waals surface area contributed by atoms with E-state index in [1.165, 1.54) is 0 Å². The molecule has 0 fully saturated rings. The minimum absolute atomic E-state index is 0.250. The Morgan fingerprint density at radius 3 is 2.83 bits per heavy atom. The van der Waals surface area contributed by atoms with E-state index in [2.05, 4.69) is 21.8 Å². The molecule has 0 aliphatic heterocycles. The van der Waals surface area contributed by atoms with E-state index in [0.29, 0.717) is 30.0 Å². The molecule has 0 saturated heterocycles. The second kappa shape index (κ2) is 5.98. The van der Waals surface area contributed by atoms with Gasteiger partial charge in [0.05, 0.1) is 19.4 Å². The van der Waals surface area contributed by atoms with Gasteiger partial charge in [0.2, 0.25) is 5.58 Å². The minimum Gasteiger partial charge on any atom is -0.468 e. The lowest BCUT2D eigenvalue weighted by Gasteiger charge is -2.18. The Hall–Kier alpha value is -2.86. The summed E-state index contributed by atoms with van der Waals surface area (Å²) in [6, 6.07) is 11.3. The van der Waals surface area contributed by atoms with Crippen molar-refractivity contribution in [1.29, 1.82) is 0 Å². The molecule has 0 spiro atoms. The lowest BCUT2D eigenvalue weighted by atomic mass is 10.2. The number of furan rings is 2. The van der Waals surface area contributed by atoms with Crippen molar-refractivity contribution in [1.82, 2.24) is 14.9 Å². The van der Waals surface area contributed by atoms with Gasteiger partial charge in [-0.2, -0.15) is 0 Å². The predicted octanol–water partition coefficient (Wildman–Crippen LogP) is 3.28. The van der Waals surface area contributed by atoms with Crippen molar-refractivity contribution >= 4 is 22.1 Å². The summed E-state index contributed by atoms with van der Waals surface area (Å²) < 4.78 is 11.0. The number of H-pyrrole nitrogens is 1. The maximum Gasteiger partial charge on any atom is 0.294 e. The molecule has 1 aromatic carbocycles. The summed E-state index contributed by atoms with van der Waals surface area (Å²) in [4.78, 5) is 21.9. The Kier molecular flexibility index (Phi) is 3.66. The SMILES string of the molecule is CCN(Cc1nc2c(oc3ccccc32)c(=O)[nH]1)Cc1ccco1. The van der Waals surface area contributed by atoms with Gasteiger partial charge in [-0.05, 0) is 30.8 Å². The first kappa shape index (κ1) is 14.7. The van der Waals surface area contributed by atoms with Gasteiger partial charge in [0.25, 0.3) is 5.56 Å². The average Bonchev–Trinajstić information content (AvgIpc) is 3.22. The van der Waals surface area contributed by atoms with E-state index in [0.717, 1.165) is 17.7 Å². The van der Waals surface area contributed by atoms with Crippen LogP contribution >= 0.6 is 0 Å². The molecule has 3 aromatic heterocycles. The van der Waals surface area contributed by atoms with Crippen LogP contribution in [0.1, 0.15) is 18.5 Å². The summed E-state index contributed by atoms with van der Waals surface area (Å²) in [6.45, 7) is 4.07. The zero-order chi connectivity index (χ0) is 16.5. The van der Waals surface area contributed by atoms with Crippen LogP contribution in [0.2, 0.25) is 0 Å².